The quantitative estimate of drug-likeness (QED) is 0.234. The maximum atomic E-state index is 13.0. The van der Waals surface area contributed by atoms with Gasteiger partial charge in [0.05, 0.1) is 0 Å². The Balaban J connectivity index is 1.47. The summed E-state index contributed by atoms with van der Waals surface area (Å²) >= 11 is 12.1. The molecule has 0 spiro atoms. The highest BCUT2D eigenvalue weighted by molar-refractivity contribution is 6.31. The van der Waals surface area contributed by atoms with E-state index in [2.05, 4.69) is 10.2 Å². The van der Waals surface area contributed by atoms with E-state index in [9.17, 15) is 9.59 Å². The van der Waals surface area contributed by atoms with Gasteiger partial charge in [-0.2, -0.15) is 0 Å². The van der Waals surface area contributed by atoms with Crippen molar-refractivity contribution < 1.29 is 9.59 Å². The van der Waals surface area contributed by atoms with E-state index in [1.807, 2.05) is 12.1 Å². The average molecular weight is 494 g/mol. The van der Waals surface area contributed by atoms with Crippen LogP contribution in [0.4, 0.5) is 5.69 Å². The van der Waals surface area contributed by atoms with Crippen molar-refractivity contribution in [1.82, 2.24) is 4.90 Å². The van der Waals surface area contributed by atoms with E-state index in [-0.39, 0.29) is 18.1 Å². The topological polar surface area (TPSA) is 73.3 Å². The summed E-state index contributed by atoms with van der Waals surface area (Å²) in [5.41, 5.74) is 2.87. The highest BCUT2D eigenvalue weighted by Crippen LogP contribution is 2.21. The number of rotatable bonds is 6. The molecule has 1 saturated heterocycles. The van der Waals surface area contributed by atoms with Crippen LogP contribution in [-0.4, -0.2) is 35.5 Å². The van der Waals surface area contributed by atoms with E-state index < -0.39 is 0 Å². The predicted octanol–water partition coefficient (Wildman–Crippen LogP) is 6.48. The van der Waals surface area contributed by atoms with Crippen molar-refractivity contribution in [3.8, 4) is 0 Å². The minimum Gasteiger partial charge on any atom is -0.357 e. The number of amides is 1. The largest absolute Gasteiger partial charge is 0.357 e. The Hall–Kier alpha value is -3.15. The molecule has 0 saturated carbocycles. The van der Waals surface area contributed by atoms with Crippen molar-refractivity contribution in [2.45, 2.75) is 25.7 Å². The third-order valence-electron chi connectivity index (χ3n) is 5.92. The van der Waals surface area contributed by atoms with Crippen molar-refractivity contribution in [2.24, 2.45) is 0 Å². The molecule has 3 aromatic rings. The first-order valence-corrected chi connectivity index (χ1v) is 12.0. The molecular formula is C27H25Cl2N3O2. The Bertz CT molecular complexity index is 1200. The van der Waals surface area contributed by atoms with E-state index in [1.54, 1.807) is 54.6 Å². The van der Waals surface area contributed by atoms with Crippen molar-refractivity contribution in [3.63, 3.8) is 0 Å². The van der Waals surface area contributed by atoms with Crippen LogP contribution in [0.25, 0.3) is 0 Å². The van der Waals surface area contributed by atoms with E-state index in [4.69, 9.17) is 28.6 Å². The fourth-order valence-electron chi connectivity index (χ4n) is 4.03. The second kappa shape index (κ2) is 10.9. The van der Waals surface area contributed by atoms with Crippen molar-refractivity contribution in [3.05, 3.63) is 99.0 Å². The first-order valence-electron chi connectivity index (χ1n) is 11.2. The molecule has 5 nitrogen and oxygen atoms in total. The number of anilines is 1. The molecule has 174 valence electrons. The molecule has 0 atom stereocenters. The van der Waals surface area contributed by atoms with Crippen LogP contribution in [-0.2, 0) is 6.42 Å². The number of likely N-dealkylation sites (tertiary alicyclic amines) is 1. The van der Waals surface area contributed by atoms with Crippen LogP contribution in [0, 0.1) is 5.41 Å². The van der Waals surface area contributed by atoms with E-state index in [0.717, 1.165) is 31.5 Å². The zero-order valence-corrected chi connectivity index (χ0v) is 20.1. The number of ketones is 1. The summed E-state index contributed by atoms with van der Waals surface area (Å²) < 4.78 is 0. The summed E-state index contributed by atoms with van der Waals surface area (Å²) in [6.45, 7) is 1.80. The fourth-order valence-corrected chi connectivity index (χ4v) is 4.33. The summed E-state index contributed by atoms with van der Waals surface area (Å²) in [5, 5.41) is 12.3. The number of piperidine rings is 1. The maximum Gasteiger partial charge on any atom is 0.256 e. The molecule has 0 radical (unpaired) electrons. The second-order valence-electron chi connectivity index (χ2n) is 8.34. The number of Topliss-reactive ketones (excluding diaryl/α,β-unsaturated/α-hetero) is 1. The fraction of sp³-hybridized carbons (Fsp3) is 0.222. The van der Waals surface area contributed by atoms with Gasteiger partial charge in [-0.15, -0.1) is 0 Å². The Morgan fingerprint density at radius 3 is 2.12 bits per heavy atom. The first-order chi connectivity index (χ1) is 16.4. The number of amidine groups is 1. The van der Waals surface area contributed by atoms with Crippen molar-refractivity contribution >= 4 is 46.4 Å². The normalized spacial score (nSPS) is 13.4. The SMILES string of the molecule is N=C(c1ccc(C(=O)Cc2ccc(Cl)cc2C(=O)Nc2ccc(Cl)cc2)cc1)N1CCCCC1. The number of carbonyl (C=O) groups excluding carboxylic acids is 2. The second-order valence-corrected chi connectivity index (χ2v) is 9.21. The van der Waals surface area contributed by atoms with E-state index >= 15 is 0 Å². The molecule has 4 rings (SSSR count). The van der Waals surface area contributed by atoms with E-state index in [0.29, 0.717) is 38.3 Å². The van der Waals surface area contributed by atoms with E-state index in [1.165, 1.54) is 6.42 Å². The minimum absolute atomic E-state index is 0.0590. The highest BCUT2D eigenvalue weighted by atomic mass is 35.5. The molecule has 0 aliphatic carbocycles. The van der Waals surface area contributed by atoms with Gasteiger partial charge in [0.1, 0.15) is 5.84 Å². The number of halogens is 2. The zero-order valence-electron chi connectivity index (χ0n) is 18.6. The number of hydrogen-bond donors (Lipinski definition) is 2. The molecule has 1 fully saturated rings. The van der Waals surface area contributed by atoms with Crippen molar-refractivity contribution in [2.75, 3.05) is 18.4 Å². The van der Waals surface area contributed by atoms with Gasteiger partial charge in [0.25, 0.3) is 5.91 Å². The van der Waals surface area contributed by atoms with Crippen LogP contribution in [0.2, 0.25) is 10.0 Å². The summed E-state index contributed by atoms with van der Waals surface area (Å²) in [4.78, 5) is 28.0. The molecule has 3 aromatic carbocycles. The number of nitrogens with one attached hydrogen (secondary N) is 2. The number of nitrogens with zero attached hydrogens (tertiary/aromatic N) is 1. The third kappa shape index (κ3) is 5.85. The first kappa shape index (κ1) is 24.0. The smallest absolute Gasteiger partial charge is 0.256 e. The Morgan fingerprint density at radius 2 is 1.44 bits per heavy atom. The lowest BCUT2D eigenvalue weighted by atomic mass is 9.97. The Morgan fingerprint density at radius 1 is 0.824 bits per heavy atom. The lowest BCUT2D eigenvalue weighted by Gasteiger charge is -2.29. The lowest BCUT2D eigenvalue weighted by molar-refractivity contribution is 0.0992. The molecule has 1 heterocycles. The van der Waals surface area contributed by atoms with Crippen LogP contribution in [0.15, 0.2) is 66.7 Å². The molecule has 1 aliphatic heterocycles. The van der Waals surface area contributed by atoms with Crippen LogP contribution in [0.3, 0.4) is 0 Å². The zero-order chi connectivity index (χ0) is 24.1. The molecule has 0 unspecified atom stereocenters. The summed E-state index contributed by atoms with van der Waals surface area (Å²) in [5.74, 6) is 0.0365. The van der Waals surface area contributed by atoms with Crippen LogP contribution >= 0.6 is 23.2 Å². The van der Waals surface area contributed by atoms with Crippen LogP contribution in [0.5, 0.6) is 0 Å². The van der Waals surface area contributed by atoms with Gasteiger partial charge in [-0.3, -0.25) is 15.0 Å². The predicted molar refractivity (Wildman–Crippen MR) is 138 cm³/mol. The Labute approximate surface area is 209 Å². The van der Waals surface area contributed by atoms with Crippen LogP contribution in [0.1, 0.15) is 51.1 Å². The average Bonchev–Trinajstić information content (AvgIpc) is 2.86. The van der Waals surface area contributed by atoms with Gasteiger partial charge in [0.2, 0.25) is 0 Å². The van der Waals surface area contributed by atoms with Gasteiger partial charge in [-0.1, -0.05) is 53.5 Å². The number of benzene rings is 3. The standard InChI is InChI=1S/C27H25Cl2N3O2/c28-21-10-12-23(13-11-21)31-27(34)24-17-22(29)9-8-20(24)16-25(33)18-4-6-19(7-5-18)26(30)32-14-2-1-3-15-32/h4-13,17,30H,1-3,14-16H2,(H,31,34). The van der Waals surface area contributed by atoms with Gasteiger partial charge in [0.15, 0.2) is 5.78 Å². The third-order valence-corrected chi connectivity index (χ3v) is 6.41. The summed E-state index contributed by atoms with van der Waals surface area (Å²) in [6, 6.07) is 18.9. The monoisotopic (exact) mass is 493 g/mol. The van der Waals surface area contributed by atoms with Gasteiger partial charge in [-0.25, -0.2) is 0 Å². The van der Waals surface area contributed by atoms with Crippen LogP contribution < -0.4 is 5.32 Å². The molecule has 0 aromatic heterocycles. The highest BCUT2D eigenvalue weighted by Gasteiger charge is 2.18. The minimum atomic E-state index is -0.349. The molecule has 1 amide bonds. The molecule has 2 N–H and O–H groups in total. The number of carbonyl (C=O) groups is 2. The number of hydrogen-bond acceptors (Lipinski definition) is 3. The molecule has 0 bridgehead atoms. The lowest BCUT2D eigenvalue weighted by Crippen LogP contribution is -2.35. The van der Waals surface area contributed by atoms with Gasteiger partial charge in [0, 0.05) is 51.9 Å². The van der Waals surface area contributed by atoms with Gasteiger partial charge < -0.3 is 10.2 Å². The summed E-state index contributed by atoms with van der Waals surface area (Å²) in [6.07, 6.45) is 3.48. The molecule has 7 heteroatoms. The van der Waals surface area contributed by atoms with Gasteiger partial charge >= 0.3 is 0 Å². The Kier molecular flexibility index (Phi) is 7.66. The molecule has 1 aliphatic rings. The molecular weight excluding hydrogens is 469 g/mol. The van der Waals surface area contributed by atoms with Crippen molar-refractivity contribution in [1.29, 1.82) is 5.41 Å². The molecule has 34 heavy (non-hydrogen) atoms. The van der Waals surface area contributed by atoms with Gasteiger partial charge in [-0.05, 0) is 61.2 Å². The summed E-state index contributed by atoms with van der Waals surface area (Å²) in [7, 11) is 0. The maximum absolute atomic E-state index is 13.0.